The molecule has 188 valence electrons. The zero-order chi connectivity index (χ0) is 25.7. The molecule has 1 aliphatic carbocycles. The van der Waals surface area contributed by atoms with E-state index in [1.165, 1.54) is 0 Å². The topological polar surface area (TPSA) is 90.3 Å². The van der Waals surface area contributed by atoms with Gasteiger partial charge in [-0.1, -0.05) is 12.1 Å². The SMILES string of the molecule is N#CC1(NC(=O)[C@@H]2C[C@@H](S(=O)(=O)c3ccccc3C(F)(F)F)CN2CC(F)(F)C(F)(F)F)CC1. The Bertz CT molecular complexity index is 1110. The molecule has 34 heavy (non-hydrogen) atoms. The van der Waals surface area contributed by atoms with Crippen molar-refractivity contribution in [3.8, 4) is 6.07 Å². The van der Waals surface area contributed by atoms with Crippen molar-refractivity contribution in [1.29, 1.82) is 5.26 Å². The van der Waals surface area contributed by atoms with E-state index >= 15 is 0 Å². The number of carbonyl (C=O) groups excluding carboxylic acids is 1. The molecule has 15 heteroatoms. The minimum Gasteiger partial charge on any atom is -0.336 e. The van der Waals surface area contributed by atoms with Crippen LogP contribution >= 0.6 is 0 Å². The summed E-state index contributed by atoms with van der Waals surface area (Å²) in [6, 6.07) is 3.00. The summed E-state index contributed by atoms with van der Waals surface area (Å²) in [6.45, 7) is -3.13. The van der Waals surface area contributed by atoms with Crippen LogP contribution in [0.1, 0.15) is 24.8 Å². The smallest absolute Gasteiger partial charge is 0.336 e. The van der Waals surface area contributed by atoms with Crippen molar-refractivity contribution in [2.24, 2.45) is 0 Å². The highest BCUT2D eigenvalue weighted by molar-refractivity contribution is 7.92. The monoisotopic (exact) mass is 519 g/mol. The van der Waals surface area contributed by atoms with Gasteiger partial charge < -0.3 is 5.32 Å². The Labute approximate surface area is 188 Å². The number of nitrogens with zero attached hydrogens (tertiary/aromatic N) is 2. The van der Waals surface area contributed by atoms with Gasteiger partial charge >= 0.3 is 18.3 Å². The first-order chi connectivity index (χ1) is 15.4. The number of rotatable bonds is 6. The van der Waals surface area contributed by atoms with Crippen LogP contribution in [0.2, 0.25) is 0 Å². The first-order valence-corrected chi connectivity index (χ1v) is 11.3. The lowest BCUT2D eigenvalue weighted by Crippen LogP contribution is -2.53. The summed E-state index contributed by atoms with van der Waals surface area (Å²) >= 11 is 0. The van der Waals surface area contributed by atoms with Crippen molar-refractivity contribution in [1.82, 2.24) is 10.2 Å². The molecule has 1 saturated heterocycles. The number of benzene rings is 1. The van der Waals surface area contributed by atoms with Crippen LogP contribution in [0.15, 0.2) is 29.2 Å². The van der Waals surface area contributed by atoms with Crippen LogP contribution in [0.4, 0.5) is 35.1 Å². The summed E-state index contributed by atoms with van der Waals surface area (Å²) in [5.41, 5.74) is -2.87. The van der Waals surface area contributed by atoms with E-state index in [1.54, 1.807) is 6.07 Å². The molecule has 0 spiro atoms. The number of halogens is 8. The summed E-state index contributed by atoms with van der Waals surface area (Å²) in [6.07, 6.45) is -11.6. The Kier molecular flexibility index (Phi) is 6.41. The molecule has 1 saturated carbocycles. The van der Waals surface area contributed by atoms with Gasteiger partial charge in [0.15, 0.2) is 9.84 Å². The molecular formula is C19H17F8N3O3S. The third-order valence-electron chi connectivity index (χ3n) is 5.75. The maximum absolute atomic E-state index is 13.8. The molecule has 0 aromatic heterocycles. The summed E-state index contributed by atoms with van der Waals surface area (Å²) in [5, 5.41) is 9.43. The van der Waals surface area contributed by atoms with Crippen molar-refractivity contribution in [2.75, 3.05) is 13.1 Å². The number of hydrogen-bond acceptors (Lipinski definition) is 5. The summed E-state index contributed by atoms with van der Waals surface area (Å²) < 4.78 is 132. The molecule has 1 aromatic carbocycles. The van der Waals surface area contributed by atoms with Gasteiger partial charge in [0.05, 0.1) is 34.4 Å². The molecule has 0 radical (unpaired) electrons. The zero-order valence-electron chi connectivity index (χ0n) is 17.1. The number of amides is 1. The van der Waals surface area contributed by atoms with Crippen molar-refractivity contribution >= 4 is 15.7 Å². The van der Waals surface area contributed by atoms with E-state index in [-0.39, 0.29) is 17.7 Å². The molecule has 1 N–H and O–H groups in total. The minimum atomic E-state index is -6.02. The van der Waals surface area contributed by atoms with Crippen LogP contribution < -0.4 is 5.32 Å². The molecule has 1 aliphatic heterocycles. The van der Waals surface area contributed by atoms with Gasteiger partial charge in [-0.3, -0.25) is 9.69 Å². The van der Waals surface area contributed by atoms with Crippen LogP contribution in [0.5, 0.6) is 0 Å². The van der Waals surface area contributed by atoms with E-state index in [2.05, 4.69) is 5.32 Å². The lowest BCUT2D eigenvalue weighted by Gasteiger charge is -2.29. The Morgan fingerprint density at radius 1 is 1.12 bits per heavy atom. The number of carbonyl (C=O) groups is 1. The van der Waals surface area contributed by atoms with Gasteiger partial charge in [-0.2, -0.15) is 40.4 Å². The predicted octanol–water partition coefficient (Wildman–Crippen LogP) is 3.29. The van der Waals surface area contributed by atoms with Gasteiger partial charge in [0.25, 0.3) is 0 Å². The van der Waals surface area contributed by atoms with Crippen LogP contribution in [-0.4, -0.2) is 61.2 Å². The highest BCUT2D eigenvalue weighted by Crippen LogP contribution is 2.41. The number of alkyl halides is 8. The second-order valence-electron chi connectivity index (χ2n) is 8.23. The quantitative estimate of drug-likeness (QED) is 0.583. The Balaban J connectivity index is 1.96. The largest absolute Gasteiger partial charge is 0.454 e. The molecule has 1 heterocycles. The molecule has 0 unspecified atom stereocenters. The fourth-order valence-electron chi connectivity index (χ4n) is 3.72. The molecule has 3 rings (SSSR count). The molecule has 2 aliphatic rings. The molecular weight excluding hydrogens is 502 g/mol. The zero-order valence-corrected chi connectivity index (χ0v) is 17.9. The number of hydrogen-bond donors (Lipinski definition) is 1. The third-order valence-corrected chi connectivity index (χ3v) is 7.94. The maximum Gasteiger partial charge on any atom is 0.454 e. The highest BCUT2D eigenvalue weighted by atomic mass is 32.2. The van der Waals surface area contributed by atoms with Gasteiger partial charge in [-0.25, -0.2) is 8.42 Å². The fraction of sp³-hybridized carbons (Fsp3) is 0.579. The third kappa shape index (κ3) is 4.97. The van der Waals surface area contributed by atoms with Crippen molar-refractivity contribution < 1.29 is 48.3 Å². The molecule has 1 amide bonds. The van der Waals surface area contributed by atoms with E-state index in [0.717, 1.165) is 12.1 Å². The number of likely N-dealkylation sites (tertiary alicyclic amines) is 1. The van der Waals surface area contributed by atoms with Crippen LogP contribution in [-0.2, 0) is 20.8 Å². The number of sulfone groups is 1. The summed E-state index contributed by atoms with van der Waals surface area (Å²) in [7, 11) is -4.91. The summed E-state index contributed by atoms with van der Waals surface area (Å²) in [5.74, 6) is -6.49. The van der Waals surface area contributed by atoms with Crippen molar-refractivity contribution in [3.05, 3.63) is 29.8 Å². The Hall–Kier alpha value is -2.47. The van der Waals surface area contributed by atoms with Crippen molar-refractivity contribution in [3.63, 3.8) is 0 Å². The van der Waals surface area contributed by atoms with E-state index in [9.17, 15) is 48.3 Å². The van der Waals surface area contributed by atoms with Gasteiger partial charge in [0.1, 0.15) is 5.54 Å². The Morgan fingerprint density at radius 2 is 1.71 bits per heavy atom. The average Bonchev–Trinajstić information content (AvgIpc) is 3.35. The van der Waals surface area contributed by atoms with E-state index in [4.69, 9.17) is 5.26 Å². The predicted molar refractivity (Wildman–Crippen MR) is 99.1 cm³/mol. The fourth-order valence-corrected chi connectivity index (χ4v) is 5.66. The number of nitriles is 1. The van der Waals surface area contributed by atoms with Crippen LogP contribution in [0, 0.1) is 11.3 Å². The minimum absolute atomic E-state index is 0.196. The maximum atomic E-state index is 13.8. The second-order valence-corrected chi connectivity index (χ2v) is 10.4. The molecule has 0 bridgehead atoms. The standard InChI is InChI=1S/C19H17F8N3O3S/c20-17(21,19(25,26)27)10-30-8-11(7-13(30)15(31)29-16(9-28)5-6-16)34(32,33)14-4-2-1-3-12(14)18(22,23)24/h1-4,11,13H,5-8,10H2,(H,29,31)/t11-,13+/m1/s1. The van der Waals surface area contributed by atoms with Gasteiger partial charge in [-0.05, 0) is 31.4 Å². The molecule has 6 nitrogen and oxygen atoms in total. The lowest BCUT2D eigenvalue weighted by atomic mass is 10.1. The average molecular weight is 519 g/mol. The first kappa shape index (κ1) is 26.1. The normalized spacial score (nSPS) is 23.4. The second kappa shape index (κ2) is 8.33. The summed E-state index contributed by atoms with van der Waals surface area (Å²) in [4.78, 5) is 11.7. The highest BCUT2D eigenvalue weighted by Gasteiger charge is 2.60. The van der Waals surface area contributed by atoms with E-state index in [1.807, 2.05) is 0 Å². The van der Waals surface area contributed by atoms with Crippen molar-refractivity contribution in [2.45, 2.75) is 59.3 Å². The van der Waals surface area contributed by atoms with E-state index < -0.39 is 80.8 Å². The Morgan fingerprint density at radius 3 is 2.21 bits per heavy atom. The van der Waals surface area contributed by atoms with Crippen LogP contribution in [0.25, 0.3) is 0 Å². The molecule has 2 atom stereocenters. The molecule has 1 aromatic rings. The van der Waals surface area contributed by atoms with Gasteiger partial charge in [0, 0.05) is 6.54 Å². The number of nitrogens with one attached hydrogen (secondary N) is 1. The first-order valence-electron chi connectivity index (χ1n) is 9.75. The van der Waals surface area contributed by atoms with Gasteiger partial charge in [0.2, 0.25) is 5.91 Å². The molecule has 2 fully saturated rings. The lowest BCUT2D eigenvalue weighted by molar-refractivity contribution is -0.286. The van der Waals surface area contributed by atoms with E-state index in [0.29, 0.717) is 12.1 Å². The van der Waals surface area contributed by atoms with Crippen LogP contribution in [0.3, 0.4) is 0 Å². The van der Waals surface area contributed by atoms with Gasteiger partial charge in [-0.15, -0.1) is 0 Å².